The zero-order valence-electron chi connectivity index (χ0n) is 16.2. The molecule has 5 atom stereocenters. The third kappa shape index (κ3) is 2.89. The Balaban J connectivity index is 1.34. The molecule has 2 aromatic rings. The summed E-state index contributed by atoms with van der Waals surface area (Å²) in [6.45, 7) is 2.98. The molecular formula is C25H30O2. The first-order chi connectivity index (χ1) is 13.1. The van der Waals surface area contributed by atoms with Crippen molar-refractivity contribution in [2.45, 2.75) is 64.1 Å². The molecule has 3 aliphatic rings. The fraction of sp³-hybridized carbons (Fsp3) is 0.520. The lowest BCUT2D eigenvalue weighted by Crippen LogP contribution is -2.43. The molecule has 0 aliphatic heterocycles. The molecule has 0 radical (unpaired) electrons. The summed E-state index contributed by atoms with van der Waals surface area (Å²) < 4.78 is 6.06. The lowest BCUT2D eigenvalue weighted by molar-refractivity contribution is -0.0226. The van der Waals surface area contributed by atoms with E-state index in [1.54, 1.807) is 5.56 Å². The van der Waals surface area contributed by atoms with Crippen molar-refractivity contribution in [1.82, 2.24) is 0 Å². The Labute approximate surface area is 162 Å². The number of aliphatic hydroxyl groups excluding tert-OH is 1. The van der Waals surface area contributed by atoms with E-state index < -0.39 is 0 Å². The summed E-state index contributed by atoms with van der Waals surface area (Å²) in [6.07, 6.45) is 6.96. The molecule has 3 unspecified atom stereocenters. The number of aryl methyl sites for hydroxylation is 1. The lowest BCUT2D eigenvalue weighted by atomic mass is 9.55. The highest BCUT2D eigenvalue weighted by atomic mass is 16.5. The van der Waals surface area contributed by atoms with Crippen molar-refractivity contribution in [2.24, 2.45) is 17.3 Å². The zero-order valence-corrected chi connectivity index (χ0v) is 16.2. The fourth-order valence-electron chi connectivity index (χ4n) is 6.36. The Hall–Kier alpha value is -1.80. The van der Waals surface area contributed by atoms with E-state index in [2.05, 4.69) is 49.4 Å². The largest absolute Gasteiger partial charge is 0.489 e. The van der Waals surface area contributed by atoms with Crippen LogP contribution in [-0.4, -0.2) is 11.2 Å². The SMILES string of the molecule is C[C@]12CCC3c4ccc(OCc5ccccc5)cc4CCC3C1CC[C@@H]2O. The summed E-state index contributed by atoms with van der Waals surface area (Å²) in [4.78, 5) is 0. The van der Waals surface area contributed by atoms with Crippen LogP contribution in [0.3, 0.4) is 0 Å². The minimum atomic E-state index is -0.0846. The van der Waals surface area contributed by atoms with Gasteiger partial charge in [-0.15, -0.1) is 0 Å². The Morgan fingerprint density at radius 1 is 1.04 bits per heavy atom. The molecule has 1 N–H and O–H groups in total. The number of benzene rings is 2. The van der Waals surface area contributed by atoms with Gasteiger partial charge in [0.15, 0.2) is 0 Å². The van der Waals surface area contributed by atoms with Gasteiger partial charge in [0, 0.05) is 0 Å². The first-order valence-corrected chi connectivity index (χ1v) is 10.6. The van der Waals surface area contributed by atoms with Crippen LogP contribution in [0, 0.1) is 17.3 Å². The van der Waals surface area contributed by atoms with E-state index in [-0.39, 0.29) is 11.5 Å². The molecule has 2 saturated carbocycles. The highest BCUT2D eigenvalue weighted by Crippen LogP contribution is 2.60. The maximum atomic E-state index is 10.5. The van der Waals surface area contributed by atoms with Gasteiger partial charge in [-0.05, 0) is 90.5 Å². The van der Waals surface area contributed by atoms with Crippen LogP contribution in [0.25, 0.3) is 0 Å². The van der Waals surface area contributed by atoms with Crippen LogP contribution < -0.4 is 4.74 Å². The van der Waals surface area contributed by atoms with E-state index >= 15 is 0 Å². The van der Waals surface area contributed by atoms with Gasteiger partial charge in [-0.1, -0.05) is 43.3 Å². The number of aliphatic hydroxyl groups is 1. The van der Waals surface area contributed by atoms with Gasteiger partial charge in [0.1, 0.15) is 12.4 Å². The summed E-state index contributed by atoms with van der Waals surface area (Å²) in [7, 11) is 0. The number of hydrogen-bond donors (Lipinski definition) is 1. The minimum Gasteiger partial charge on any atom is -0.489 e. The van der Waals surface area contributed by atoms with Crippen molar-refractivity contribution in [2.75, 3.05) is 0 Å². The first-order valence-electron chi connectivity index (χ1n) is 10.6. The van der Waals surface area contributed by atoms with Crippen molar-refractivity contribution in [1.29, 1.82) is 0 Å². The topological polar surface area (TPSA) is 29.5 Å². The zero-order chi connectivity index (χ0) is 18.4. The number of rotatable bonds is 3. The minimum absolute atomic E-state index is 0.0846. The second kappa shape index (κ2) is 6.67. The third-order valence-electron chi connectivity index (χ3n) is 7.90. The molecule has 5 rings (SSSR count). The van der Waals surface area contributed by atoms with Gasteiger partial charge in [-0.25, -0.2) is 0 Å². The summed E-state index contributed by atoms with van der Waals surface area (Å²) >= 11 is 0. The highest BCUT2D eigenvalue weighted by Gasteiger charge is 2.54. The maximum absolute atomic E-state index is 10.5. The standard InChI is InChI=1S/C25H30O2/c1-25-14-13-21-20-10-8-19(27-16-17-5-3-2-4-6-17)15-18(20)7-9-22(21)23(25)11-12-24(25)26/h2-6,8,10,15,21-24,26H,7,9,11-14,16H2,1H3/t21?,22?,23?,24-,25-/m0/s1. The number of ether oxygens (including phenoxy) is 1. The average molecular weight is 363 g/mol. The van der Waals surface area contributed by atoms with Crippen LogP contribution in [-0.2, 0) is 13.0 Å². The number of fused-ring (bicyclic) bond motifs is 5. The van der Waals surface area contributed by atoms with Crippen molar-refractivity contribution < 1.29 is 9.84 Å². The monoisotopic (exact) mass is 362 g/mol. The molecular weight excluding hydrogens is 332 g/mol. The van der Waals surface area contributed by atoms with E-state index in [1.807, 2.05) is 6.07 Å². The smallest absolute Gasteiger partial charge is 0.120 e. The summed E-state index contributed by atoms with van der Waals surface area (Å²) in [5.41, 5.74) is 4.42. The Morgan fingerprint density at radius 3 is 2.74 bits per heavy atom. The highest BCUT2D eigenvalue weighted by molar-refractivity contribution is 5.41. The summed E-state index contributed by atoms with van der Waals surface area (Å²) in [6, 6.07) is 17.2. The summed E-state index contributed by atoms with van der Waals surface area (Å²) in [5.74, 6) is 3.13. The maximum Gasteiger partial charge on any atom is 0.120 e. The van der Waals surface area contributed by atoms with Crippen LogP contribution in [0.1, 0.15) is 61.6 Å². The Morgan fingerprint density at radius 2 is 1.89 bits per heavy atom. The second-order valence-electron chi connectivity index (χ2n) is 9.19. The first kappa shape index (κ1) is 17.3. The molecule has 2 heteroatoms. The van der Waals surface area contributed by atoms with Gasteiger partial charge < -0.3 is 9.84 Å². The fourth-order valence-corrected chi connectivity index (χ4v) is 6.36. The molecule has 0 bridgehead atoms. The molecule has 2 fully saturated rings. The van der Waals surface area contributed by atoms with Gasteiger partial charge in [-0.3, -0.25) is 0 Å². The van der Waals surface area contributed by atoms with Gasteiger partial charge in [-0.2, -0.15) is 0 Å². The number of hydrogen-bond acceptors (Lipinski definition) is 2. The Bertz CT molecular complexity index is 814. The van der Waals surface area contributed by atoms with E-state index in [0.717, 1.165) is 24.5 Å². The van der Waals surface area contributed by atoms with Crippen molar-refractivity contribution in [3.63, 3.8) is 0 Å². The van der Waals surface area contributed by atoms with Gasteiger partial charge >= 0.3 is 0 Å². The van der Waals surface area contributed by atoms with Crippen molar-refractivity contribution >= 4 is 0 Å². The van der Waals surface area contributed by atoms with Gasteiger partial charge in [0.05, 0.1) is 6.10 Å². The Kier molecular flexibility index (Phi) is 4.27. The third-order valence-corrected chi connectivity index (χ3v) is 7.90. The predicted octanol–water partition coefficient (Wildman–Crippen LogP) is 5.48. The van der Waals surface area contributed by atoms with Crippen molar-refractivity contribution in [3.8, 4) is 5.75 Å². The average Bonchev–Trinajstić information content (AvgIpc) is 3.01. The van der Waals surface area contributed by atoms with Crippen LogP contribution in [0.5, 0.6) is 5.75 Å². The van der Waals surface area contributed by atoms with Crippen LogP contribution in [0.15, 0.2) is 48.5 Å². The lowest BCUT2D eigenvalue weighted by Gasteiger charge is -2.50. The molecule has 2 aromatic carbocycles. The van der Waals surface area contributed by atoms with E-state index in [0.29, 0.717) is 18.4 Å². The predicted molar refractivity (Wildman–Crippen MR) is 108 cm³/mol. The van der Waals surface area contributed by atoms with E-state index in [4.69, 9.17) is 4.74 Å². The molecule has 27 heavy (non-hydrogen) atoms. The quantitative estimate of drug-likeness (QED) is 0.783. The van der Waals surface area contributed by atoms with E-state index in [9.17, 15) is 5.11 Å². The normalized spacial score (nSPS) is 34.4. The van der Waals surface area contributed by atoms with Crippen LogP contribution >= 0.6 is 0 Å². The molecule has 3 aliphatic carbocycles. The molecule has 142 valence electrons. The molecule has 0 spiro atoms. The second-order valence-corrected chi connectivity index (χ2v) is 9.19. The molecule has 0 amide bonds. The van der Waals surface area contributed by atoms with E-state index in [1.165, 1.54) is 36.8 Å². The van der Waals surface area contributed by atoms with Crippen molar-refractivity contribution in [3.05, 3.63) is 65.2 Å². The molecule has 0 saturated heterocycles. The van der Waals surface area contributed by atoms with Crippen LogP contribution in [0.4, 0.5) is 0 Å². The van der Waals surface area contributed by atoms with Gasteiger partial charge in [0.2, 0.25) is 0 Å². The molecule has 0 heterocycles. The molecule has 0 aromatic heterocycles. The summed E-state index contributed by atoms with van der Waals surface area (Å²) in [5, 5.41) is 10.5. The van der Waals surface area contributed by atoms with Crippen LogP contribution in [0.2, 0.25) is 0 Å². The molecule has 2 nitrogen and oxygen atoms in total. The van der Waals surface area contributed by atoms with Gasteiger partial charge in [0.25, 0.3) is 0 Å².